The summed E-state index contributed by atoms with van der Waals surface area (Å²) in [6.45, 7) is 0.190. The van der Waals surface area contributed by atoms with Crippen LogP contribution in [0.1, 0.15) is 18.5 Å². The number of H-pyrrole nitrogens is 1. The molecule has 20 heavy (non-hydrogen) atoms. The number of aromatic nitrogens is 2. The molecule has 1 aromatic heterocycles. The van der Waals surface area contributed by atoms with Crippen LogP contribution in [0.15, 0.2) is 12.5 Å². The van der Waals surface area contributed by atoms with Crippen molar-refractivity contribution in [2.24, 2.45) is 0 Å². The largest absolute Gasteiger partial charge is 0.480 e. The zero-order chi connectivity index (χ0) is 15.0. The smallest absolute Gasteiger partial charge is 0.326 e. The third-order valence-corrected chi connectivity index (χ3v) is 2.46. The van der Waals surface area contributed by atoms with Crippen molar-refractivity contribution in [3.05, 3.63) is 18.2 Å². The van der Waals surface area contributed by atoms with Crippen LogP contribution in [0.3, 0.4) is 0 Å². The molecule has 0 aromatic carbocycles. The molecular formula is C11H16N4O5. The van der Waals surface area contributed by atoms with Crippen LogP contribution in [0.2, 0.25) is 0 Å². The summed E-state index contributed by atoms with van der Waals surface area (Å²) in [5, 5.41) is 13.7. The van der Waals surface area contributed by atoms with E-state index < -0.39 is 24.0 Å². The lowest BCUT2D eigenvalue weighted by Crippen LogP contribution is -2.46. The molecule has 1 atom stereocenters. The second-order valence-electron chi connectivity index (χ2n) is 3.91. The predicted molar refractivity (Wildman–Crippen MR) is 66.6 cm³/mol. The number of urea groups is 1. The Morgan fingerprint density at radius 2 is 2.25 bits per heavy atom. The molecule has 1 aromatic rings. The van der Waals surface area contributed by atoms with E-state index in [1.54, 1.807) is 0 Å². The van der Waals surface area contributed by atoms with Crippen LogP contribution in [-0.4, -0.2) is 46.2 Å². The highest BCUT2D eigenvalue weighted by atomic mass is 16.5. The fourth-order valence-corrected chi connectivity index (χ4v) is 1.39. The minimum absolute atomic E-state index is 0.0422. The first kappa shape index (κ1) is 15.5. The number of rotatable bonds is 7. The fourth-order valence-electron chi connectivity index (χ4n) is 1.39. The van der Waals surface area contributed by atoms with Crippen LogP contribution < -0.4 is 10.6 Å². The molecule has 9 nitrogen and oxygen atoms in total. The van der Waals surface area contributed by atoms with Gasteiger partial charge in [0, 0.05) is 12.6 Å². The van der Waals surface area contributed by atoms with Crippen molar-refractivity contribution in [2.45, 2.75) is 25.4 Å². The first-order chi connectivity index (χ1) is 9.52. The Kier molecular flexibility index (Phi) is 6.01. The highest BCUT2D eigenvalue weighted by Crippen LogP contribution is 1.99. The molecule has 0 bridgehead atoms. The van der Waals surface area contributed by atoms with Crippen LogP contribution in [-0.2, 0) is 20.9 Å². The van der Waals surface area contributed by atoms with Crippen LogP contribution >= 0.6 is 0 Å². The molecule has 0 unspecified atom stereocenters. The molecule has 1 rings (SSSR count). The summed E-state index contributed by atoms with van der Waals surface area (Å²) >= 11 is 0. The van der Waals surface area contributed by atoms with Gasteiger partial charge in [0.05, 0.1) is 25.7 Å². The minimum Gasteiger partial charge on any atom is -0.480 e. The van der Waals surface area contributed by atoms with Gasteiger partial charge in [-0.1, -0.05) is 0 Å². The second kappa shape index (κ2) is 7.77. The summed E-state index contributed by atoms with van der Waals surface area (Å²) in [7, 11) is 1.21. The van der Waals surface area contributed by atoms with Crippen LogP contribution in [0.5, 0.6) is 0 Å². The molecule has 0 spiro atoms. The zero-order valence-corrected chi connectivity index (χ0v) is 10.9. The first-order valence-electron chi connectivity index (χ1n) is 5.84. The van der Waals surface area contributed by atoms with Gasteiger partial charge in [-0.05, 0) is 6.42 Å². The molecule has 0 fully saturated rings. The number of carbonyl (C=O) groups excluding carboxylic acids is 2. The van der Waals surface area contributed by atoms with Crippen molar-refractivity contribution in [1.29, 1.82) is 0 Å². The quantitative estimate of drug-likeness (QED) is 0.504. The number of carboxylic acids is 1. The zero-order valence-electron chi connectivity index (χ0n) is 10.9. The van der Waals surface area contributed by atoms with Crippen LogP contribution in [0.25, 0.3) is 0 Å². The van der Waals surface area contributed by atoms with Gasteiger partial charge in [0.15, 0.2) is 0 Å². The molecule has 9 heteroatoms. The Morgan fingerprint density at radius 3 is 2.80 bits per heavy atom. The van der Waals surface area contributed by atoms with Gasteiger partial charge < -0.3 is 25.5 Å². The molecule has 0 aliphatic carbocycles. The standard InChI is InChI=1S/C11H16N4O5/c1-20-9(16)3-2-8(10(17)18)15-11(19)13-5-7-4-12-6-14-7/h4,6,8H,2-3,5H2,1H3,(H,12,14)(H,17,18)(H2,13,15,19)/t8-/m1/s1. The van der Waals surface area contributed by atoms with Gasteiger partial charge in [0.1, 0.15) is 6.04 Å². The molecule has 110 valence electrons. The van der Waals surface area contributed by atoms with E-state index in [1.807, 2.05) is 0 Å². The Balaban J connectivity index is 2.38. The number of carboxylic acid groups (broad SMARTS) is 1. The minimum atomic E-state index is -1.22. The second-order valence-corrected chi connectivity index (χ2v) is 3.91. The van der Waals surface area contributed by atoms with E-state index in [-0.39, 0.29) is 19.4 Å². The third-order valence-electron chi connectivity index (χ3n) is 2.46. The average molecular weight is 284 g/mol. The monoisotopic (exact) mass is 284 g/mol. The van der Waals surface area contributed by atoms with Gasteiger partial charge in [-0.2, -0.15) is 0 Å². The lowest BCUT2D eigenvalue weighted by molar-refractivity contribution is -0.142. The Bertz CT molecular complexity index is 459. The van der Waals surface area contributed by atoms with Crippen molar-refractivity contribution in [3.8, 4) is 0 Å². The lowest BCUT2D eigenvalue weighted by Gasteiger charge is -2.14. The number of methoxy groups -OCH3 is 1. The third kappa shape index (κ3) is 5.38. The fraction of sp³-hybridized carbons (Fsp3) is 0.455. The van der Waals surface area contributed by atoms with E-state index in [1.165, 1.54) is 19.6 Å². The van der Waals surface area contributed by atoms with Gasteiger partial charge in [-0.25, -0.2) is 14.6 Å². The summed E-state index contributed by atoms with van der Waals surface area (Å²) in [6, 6.07) is -1.80. The normalized spacial score (nSPS) is 11.4. The molecular weight excluding hydrogens is 268 g/mol. The number of amides is 2. The maximum Gasteiger partial charge on any atom is 0.326 e. The van der Waals surface area contributed by atoms with Gasteiger partial charge >= 0.3 is 18.0 Å². The van der Waals surface area contributed by atoms with E-state index >= 15 is 0 Å². The van der Waals surface area contributed by atoms with Gasteiger partial charge in [-0.3, -0.25) is 4.79 Å². The Hall–Kier alpha value is -2.58. The van der Waals surface area contributed by atoms with Gasteiger partial charge in [0.25, 0.3) is 0 Å². The SMILES string of the molecule is COC(=O)CC[C@@H](NC(=O)NCc1cnc[nH]1)C(=O)O. The van der Waals surface area contributed by atoms with E-state index in [4.69, 9.17) is 5.11 Å². The molecule has 0 aliphatic heterocycles. The molecule has 0 radical (unpaired) electrons. The number of aromatic amines is 1. The first-order valence-corrected chi connectivity index (χ1v) is 5.84. The number of esters is 1. The number of nitrogens with zero attached hydrogens (tertiary/aromatic N) is 1. The number of carbonyl (C=O) groups is 3. The number of hydrogen-bond acceptors (Lipinski definition) is 5. The number of ether oxygens (including phenoxy) is 1. The van der Waals surface area contributed by atoms with Crippen molar-refractivity contribution in [1.82, 2.24) is 20.6 Å². The van der Waals surface area contributed by atoms with E-state index in [2.05, 4.69) is 25.3 Å². The van der Waals surface area contributed by atoms with Crippen molar-refractivity contribution >= 4 is 18.0 Å². The highest BCUT2D eigenvalue weighted by Gasteiger charge is 2.21. The number of aliphatic carboxylic acids is 1. The summed E-state index contributed by atoms with van der Waals surface area (Å²) in [4.78, 5) is 40.0. The van der Waals surface area contributed by atoms with Crippen LogP contribution in [0, 0.1) is 0 Å². The molecule has 0 saturated carbocycles. The number of hydrogen-bond donors (Lipinski definition) is 4. The maximum atomic E-state index is 11.5. The summed E-state index contributed by atoms with van der Waals surface area (Å²) in [5.74, 6) is -1.75. The summed E-state index contributed by atoms with van der Waals surface area (Å²) < 4.78 is 4.41. The number of imidazole rings is 1. The van der Waals surface area contributed by atoms with E-state index in [9.17, 15) is 14.4 Å². The van der Waals surface area contributed by atoms with Crippen molar-refractivity contribution in [3.63, 3.8) is 0 Å². The Morgan fingerprint density at radius 1 is 1.50 bits per heavy atom. The van der Waals surface area contributed by atoms with Gasteiger partial charge in [-0.15, -0.1) is 0 Å². The number of nitrogens with one attached hydrogen (secondary N) is 3. The molecule has 4 N–H and O–H groups in total. The van der Waals surface area contributed by atoms with Crippen molar-refractivity contribution < 1.29 is 24.2 Å². The van der Waals surface area contributed by atoms with E-state index in [0.717, 1.165) is 0 Å². The molecule has 0 aliphatic rings. The average Bonchev–Trinajstić information content (AvgIpc) is 2.93. The topological polar surface area (TPSA) is 133 Å². The van der Waals surface area contributed by atoms with E-state index in [0.29, 0.717) is 5.69 Å². The maximum absolute atomic E-state index is 11.5. The van der Waals surface area contributed by atoms with Crippen LogP contribution in [0.4, 0.5) is 4.79 Å². The molecule has 2 amide bonds. The predicted octanol–water partition coefficient (Wildman–Crippen LogP) is -0.385. The molecule has 0 saturated heterocycles. The molecule has 1 heterocycles. The lowest BCUT2D eigenvalue weighted by atomic mass is 10.1. The summed E-state index contributed by atoms with van der Waals surface area (Å²) in [6.07, 6.45) is 2.87. The van der Waals surface area contributed by atoms with Gasteiger partial charge in [0.2, 0.25) is 0 Å². The highest BCUT2D eigenvalue weighted by molar-refractivity contribution is 5.83. The van der Waals surface area contributed by atoms with Crippen molar-refractivity contribution in [2.75, 3.05) is 7.11 Å². The summed E-state index contributed by atoms with van der Waals surface area (Å²) in [5.41, 5.74) is 0.682. The Labute approximate surface area is 114 Å².